The molecule has 0 radical (unpaired) electrons. The summed E-state index contributed by atoms with van der Waals surface area (Å²) in [4.78, 5) is 12.0. The van der Waals surface area contributed by atoms with Crippen LogP contribution in [0.4, 0.5) is 0 Å². The minimum absolute atomic E-state index is 0. The minimum Gasteiger partial charge on any atom is -0.386 e. The van der Waals surface area contributed by atoms with E-state index in [1.54, 1.807) is 0 Å². The molecule has 1 heterocycles. The van der Waals surface area contributed by atoms with Crippen LogP contribution < -0.4 is 0 Å². The van der Waals surface area contributed by atoms with Gasteiger partial charge in [-0.2, -0.15) is 0 Å². The van der Waals surface area contributed by atoms with Crippen molar-refractivity contribution in [2.45, 2.75) is 83.5 Å². The molecule has 3 atom stereocenters. The monoisotopic (exact) mass is 737 g/mol. The van der Waals surface area contributed by atoms with Gasteiger partial charge in [0.15, 0.2) is 0 Å². The average molecular weight is 739 g/mol. The summed E-state index contributed by atoms with van der Waals surface area (Å²) in [7, 11) is 0. The molecule has 0 aromatic heterocycles. The number of carbonyl (C=O) groups is 1. The summed E-state index contributed by atoms with van der Waals surface area (Å²) in [6.45, 7) is 6.33. The first-order valence-electron chi connectivity index (χ1n) is 17.3. The van der Waals surface area contributed by atoms with Crippen LogP contribution in [0.3, 0.4) is 0 Å². The van der Waals surface area contributed by atoms with Crippen LogP contribution in [0.2, 0.25) is 0 Å². The van der Waals surface area contributed by atoms with E-state index in [0.29, 0.717) is 0 Å². The van der Waals surface area contributed by atoms with Crippen molar-refractivity contribution in [3.8, 4) is 24.2 Å². The van der Waals surface area contributed by atoms with Crippen LogP contribution >= 0.6 is 0 Å². The average Bonchev–Trinajstić information content (AvgIpc) is 3.69. The van der Waals surface area contributed by atoms with Gasteiger partial charge in [0, 0.05) is 17.5 Å². The van der Waals surface area contributed by atoms with Crippen LogP contribution in [0.25, 0.3) is 0 Å². The zero-order chi connectivity index (χ0) is 34.7. The smallest absolute Gasteiger partial charge is 0.386 e. The molecule has 5 rings (SSSR count). The number of hydrogen-bond acceptors (Lipinski definition) is 4. The predicted molar refractivity (Wildman–Crippen MR) is 213 cm³/mol. The molecule has 268 valence electrons. The van der Waals surface area contributed by atoms with Crippen molar-refractivity contribution in [2.24, 2.45) is 0 Å². The molecule has 0 amide bonds. The van der Waals surface area contributed by atoms with Gasteiger partial charge < -0.3 is 29.9 Å². The van der Waals surface area contributed by atoms with E-state index in [1.807, 2.05) is 97.1 Å². The van der Waals surface area contributed by atoms with Gasteiger partial charge in [-0.25, -0.2) is 0 Å². The summed E-state index contributed by atoms with van der Waals surface area (Å²) in [5.41, 5.74) is 4.09. The molecule has 0 aliphatic carbocycles. The fraction of sp³-hybridized carbons (Fsp3) is 0.326. The van der Waals surface area contributed by atoms with E-state index in [0.717, 1.165) is 74.6 Å². The Labute approximate surface area is 323 Å². The van der Waals surface area contributed by atoms with E-state index in [9.17, 15) is 15.0 Å². The van der Waals surface area contributed by atoms with Crippen molar-refractivity contribution in [1.82, 2.24) is 4.90 Å². The topological polar surface area (TPSA) is 60.8 Å². The second-order valence-electron chi connectivity index (χ2n) is 11.6. The van der Waals surface area contributed by atoms with Crippen molar-refractivity contribution in [2.75, 3.05) is 13.1 Å². The molecule has 4 aromatic rings. The van der Waals surface area contributed by atoms with E-state index >= 15 is 0 Å². The Bertz CT molecular complexity index is 1460. The third kappa shape index (κ3) is 21.2. The third-order valence-electron chi connectivity index (χ3n) is 7.72. The summed E-state index contributed by atoms with van der Waals surface area (Å²) in [5, 5.41) is 20.3. The van der Waals surface area contributed by atoms with Crippen molar-refractivity contribution >= 4 is 6.29 Å². The fourth-order valence-electron chi connectivity index (χ4n) is 5.07. The maximum Gasteiger partial charge on any atom is 2.00 e. The molecule has 51 heavy (non-hydrogen) atoms. The number of aldehydes is 1. The van der Waals surface area contributed by atoms with E-state index in [4.69, 9.17) is 6.42 Å². The van der Waals surface area contributed by atoms with Gasteiger partial charge >= 0.3 is 19.5 Å². The Balaban J connectivity index is 0. The zero-order valence-corrected chi connectivity index (χ0v) is 34.4. The van der Waals surface area contributed by atoms with Crippen molar-refractivity contribution in [3.05, 3.63) is 158 Å². The molecule has 4 aromatic carbocycles. The second-order valence-corrected chi connectivity index (χ2v) is 11.6. The number of likely N-dealkylation sites (tertiary alicyclic amines) is 1. The van der Waals surface area contributed by atoms with Crippen LogP contribution in [0.5, 0.6) is 0 Å². The molecular formula is C46H59NO3Zn. The predicted octanol–water partition coefficient (Wildman–Crippen LogP) is 10.1. The van der Waals surface area contributed by atoms with Gasteiger partial charge in [0.05, 0.1) is 12.1 Å². The molecule has 1 aliphatic rings. The first-order chi connectivity index (χ1) is 23.5. The van der Waals surface area contributed by atoms with Crippen LogP contribution in [0.1, 0.15) is 99.6 Å². The van der Waals surface area contributed by atoms with Gasteiger partial charge in [-0.1, -0.05) is 148 Å². The Kier molecular flexibility index (Phi) is 31.0. The standard InChI is InChI=1S/C18H21NO.C13H16O.C8H6.C5H10O.2CH3.Zn/c20-18(16-11-5-2-6-12-16)17(19-13-7-8-14-19)15-9-3-1-4-10-15;1-2-3-9-13(14)11-10-12-7-5-4-6-8-12;1-2-8-6-4-3-5-7-8;1-2-3-4-5-6;;;/h1-6,9-12,17-18,20H,7-8,13-14H2;4-8,13-14H,2-3,9H2,1H3;1,3-7H;5H,2-4H2,1H3;2*1H3;/q;;;;2*-1;+2. The molecule has 2 N–H and O–H groups in total. The molecule has 0 saturated carbocycles. The van der Waals surface area contributed by atoms with Crippen molar-refractivity contribution < 1.29 is 34.5 Å². The van der Waals surface area contributed by atoms with E-state index in [2.05, 4.69) is 60.8 Å². The van der Waals surface area contributed by atoms with Crippen LogP contribution in [0.15, 0.2) is 121 Å². The van der Waals surface area contributed by atoms with Gasteiger partial charge in [-0.3, -0.25) is 4.90 Å². The largest absolute Gasteiger partial charge is 2.00 e. The Morgan fingerprint density at radius 2 is 1.16 bits per heavy atom. The summed E-state index contributed by atoms with van der Waals surface area (Å²) in [6.07, 6.45) is 13.4. The second kappa shape index (κ2) is 32.1. The molecular weight excluding hydrogens is 680 g/mol. The normalized spacial score (nSPS) is 12.8. The van der Waals surface area contributed by atoms with Gasteiger partial charge in [0.2, 0.25) is 0 Å². The van der Waals surface area contributed by atoms with Crippen LogP contribution in [0, 0.1) is 39.0 Å². The summed E-state index contributed by atoms with van der Waals surface area (Å²) < 4.78 is 0. The van der Waals surface area contributed by atoms with E-state index in [-0.39, 0.29) is 40.4 Å². The number of terminal acetylenes is 1. The van der Waals surface area contributed by atoms with Gasteiger partial charge in [-0.15, -0.1) is 6.42 Å². The van der Waals surface area contributed by atoms with Crippen molar-refractivity contribution in [3.63, 3.8) is 0 Å². The quantitative estimate of drug-likeness (QED) is 0.0559. The van der Waals surface area contributed by atoms with E-state index in [1.165, 1.54) is 18.4 Å². The Hall–Kier alpha value is -3.83. The minimum atomic E-state index is -0.477. The number of rotatable bonds is 10. The third-order valence-corrected chi connectivity index (χ3v) is 7.72. The fourth-order valence-corrected chi connectivity index (χ4v) is 5.07. The number of unbranched alkanes of at least 4 members (excludes halogenated alkanes) is 3. The number of aliphatic hydroxyl groups excluding tert-OH is 2. The molecule has 1 fully saturated rings. The number of hydrogen-bond donors (Lipinski definition) is 2. The van der Waals surface area contributed by atoms with Crippen LogP contribution in [-0.4, -0.2) is 40.6 Å². The van der Waals surface area contributed by atoms with Gasteiger partial charge in [-0.05, 0) is 74.2 Å². The first-order valence-corrected chi connectivity index (χ1v) is 17.3. The summed E-state index contributed by atoms with van der Waals surface area (Å²) >= 11 is 0. The first kappa shape index (κ1) is 49.3. The Morgan fingerprint density at radius 1 is 0.706 bits per heavy atom. The van der Waals surface area contributed by atoms with Gasteiger partial charge in [0.25, 0.3) is 0 Å². The molecule has 1 saturated heterocycles. The van der Waals surface area contributed by atoms with E-state index < -0.39 is 12.2 Å². The van der Waals surface area contributed by atoms with Crippen LogP contribution in [-0.2, 0) is 24.3 Å². The summed E-state index contributed by atoms with van der Waals surface area (Å²) in [6, 6.07) is 39.8. The molecule has 1 aliphatic heterocycles. The summed E-state index contributed by atoms with van der Waals surface area (Å²) in [5.74, 6) is 8.32. The molecule has 0 spiro atoms. The molecule has 4 nitrogen and oxygen atoms in total. The molecule has 0 bridgehead atoms. The maximum atomic E-state index is 10.9. The number of aliphatic hydroxyl groups is 2. The zero-order valence-electron chi connectivity index (χ0n) is 31.5. The number of carbonyl (C=O) groups excluding carboxylic acids is 1. The SMILES string of the molecule is C#Cc1ccccc1.CCCCC(O)C#Cc1ccccc1.CCCCC=O.OC(c1ccccc1)C(c1ccccc1)N1CCCC1.[CH3-].[CH3-].[Zn+2]. The molecule has 3 unspecified atom stereocenters. The Morgan fingerprint density at radius 3 is 1.57 bits per heavy atom. The molecule has 5 heteroatoms. The number of benzene rings is 4. The maximum absolute atomic E-state index is 10.9. The number of nitrogens with zero attached hydrogens (tertiary/aromatic N) is 1. The van der Waals surface area contributed by atoms with Crippen molar-refractivity contribution in [1.29, 1.82) is 0 Å². The van der Waals surface area contributed by atoms with Gasteiger partial charge in [0.1, 0.15) is 12.4 Å².